The highest BCUT2D eigenvalue weighted by Gasteiger charge is 2.47. The van der Waals surface area contributed by atoms with Crippen molar-refractivity contribution in [2.75, 3.05) is 13.1 Å². The molecular formula is C12H21N3O2S. The van der Waals surface area contributed by atoms with E-state index >= 15 is 0 Å². The lowest BCUT2D eigenvalue weighted by atomic mass is 9.83. The van der Waals surface area contributed by atoms with Crippen LogP contribution in [0.5, 0.6) is 0 Å². The van der Waals surface area contributed by atoms with Crippen LogP contribution in [0.4, 0.5) is 0 Å². The molecule has 1 rings (SSSR count). The first-order valence-electron chi connectivity index (χ1n) is 6.08. The molecule has 102 valence electrons. The van der Waals surface area contributed by atoms with E-state index in [1.807, 2.05) is 6.92 Å². The maximum atomic E-state index is 12.6. The fourth-order valence-corrected chi connectivity index (χ4v) is 2.22. The molecule has 0 bridgehead atoms. The minimum absolute atomic E-state index is 0.150. The first kappa shape index (κ1) is 14.9. The van der Waals surface area contributed by atoms with E-state index in [4.69, 9.17) is 18.0 Å². The van der Waals surface area contributed by atoms with Crippen molar-refractivity contribution in [3.8, 4) is 0 Å². The molecule has 0 aromatic carbocycles. The zero-order valence-corrected chi connectivity index (χ0v) is 12.2. The SMILES string of the molecule is CCC(C)(C(=O)N1CCNC(=O)C1(C)C)C(N)=S. The second kappa shape index (κ2) is 4.84. The lowest BCUT2D eigenvalue weighted by molar-refractivity contribution is -0.153. The van der Waals surface area contributed by atoms with Crippen LogP contribution in [0.15, 0.2) is 0 Å². The summed E-state index contributed by atoms with van der Waals surface area (Å²) >= 11 is 5.01. The van der Waals surface area contributed by atoms with Crippen LogP contribution in [0.25, 0.3) is 0 Å². The molecule has 0 aliphatic carbocycles. The Labute approximate surface area is 113 Å². The summed E-state index contributed by atoms with van der Waals surface area (Å²) in [5.74, 6) is -0.319. The van der Waals surface area contributed by atoms with Gasteiger partial charge in [0.15, 0.2) is 0 Å². The molecule has 18 heavy (non-hydrogen) atoms. The van der Waals surface area contributed by atoms with Gasteiger partial charge in [-0.05, 0) is 27.2 Å². The number of hydrogen-bond donors (Lipinski definition) is 2. The molecule has 1 unspecified atom stereocenters. The van der Waals surface area contributed by atoms with Gasteiger partial charge < -0.3 is 16.0 Å². The molecule has 0 spiro atoms. The summed E-state index contributed by atoms with van der Waals surface area (Å²) in [6.07, 6.45) is 0.523. The lowest BCUT2D eigenvalue weighted by Crippen LogP contribution is -2.66. The van der Waals surface area contributed by atoms with Gasteiger partial charge in [0, 0.05) is 13.1 Å². The summed E-state index contributed by atoms with van der Waals surface area (Å²) in [4.78, 5) is 26.2. The Morgan fingerprint density at radius 1 is 1.61 bits per heavy atom. The Balaban J connectivity index is 3.09. The third kappa shape index (κ3) is 2.21. The summed E-state index contributed by atoms with van der Waals surface area (Å²) in [5, 5.41) is 2.76. The van der Waals surface area contributed by atoms with E-state index < -0.39 is 11.0 Å². The third-order valence-corrected chi connectivity index (χ3v) is 4.27. The fraction of sp³-hybridized carbons (Fsp3) is 0.750. The van der Waals surface area contributed by atoms with Crippen LogP contribution in [0.2, 0.25) is 0 Å². The standard InChI is InChI=1S/C12H21N3O2S/c1-5-12(4,8(13)18)10(17)15-7-6-14-9(16)11(15,2)3/h5-7H2,1-4H3,(H2,13,18)(H,14,16). The Morgan fingerprint density at radius 3 is 2.61 bits per heavy atom. The highest BCUT2D eigenvalue weighted by molar-refractivity contribution is 7.80. The van der Waals surface area contributed by atoms with E-state index in [9.17, 15) is 9.59 Å². The zero-order chi connectivity index (χ0) is 14.1. The predicted octanol–water partition coefficient (Wildman–Crippen LogP) is 0.426. The first-order chi connectivity index (χ1) is 8.17. The number of thiocarbonyl (C=S) groups is 1. The van der Waals surface area contributed by atoms with Crippen molar-refractivity contribution in [2.24, 2.45) is 11.1 Å². The van der Waals surface area contributed by atoms with Crippen molar-refractivity contribution < 1.29 is 9.59 Å². The molecule has 3 N–H and O–H groups in total. The van der Waals surface area contributed by atoms with Gasteiger partial charge in [-0.25, -0.2) is 0 Å². The van der Waals surface area contributed by atoms with Gasteiger partial charge in [-0.2, -0.15) is 0 Å². The molecule has 1 saturated heterocycles. The quantitative estimate of drug-likeness (QED) is 0.730. The highest BCUT2D eigenvalue weighted by atomic mass is 32.1. The molecule has 0 aromatic heterocycles. The van der Waals surface area contributed by atoms with E-state index in [0.29, 0.717) is 19.5 Å². The van der Waals surface area contributed by atoms with Crippen LogP contribution in [-0.4, -0.2) is 40.3 Å². The molecule has 1 aliphatic heterocycles. The summed E-state index contributed by atoms with van der Waals surface area (Å²) in [6, 6.07) is 0. The largest absolute Gasteiger partial charge is 0.392 e. The van der Waals surface area contributed by atoms with Gasteiger partial charge >= 0.3 is 0 Å². The molecular weight excluding hydrogens is 250 g/mol. The Kier molecular flexibility index (Phi) is 4.00. The van der Waals surface area contributed by atoms with Crippen molar-refractivity contribution in [1.29, 1.82) is 0 Å². The van der Waals surface area contributed by atoms with Gasteiger partial charge in [0.05, 0.1) is 10.4 Å². The van der Waals surface area contributed by atoms with Crippen molar-refractivity contribution >= 4 is 29.0 Å². The van der Waals surface area contributed by atoms with Gasteiger partial charge in [-0.15, -0.1) is 0 Å². The number of hydrogen-bond acceptors (Lipinski definition) is 3. The number of rotatable bonds is 3. The maximum absolute atomic E-state index is 12.6. The Bertz CT molecular complexity index is 395. The summed E-state index contributed by atoms with van der Waals surface area (Å²) in [7, 11) is 0. The monoisotopic (exact) mass is 271 g/mol. The number of nitrogens with one attached hydrogen (secondary N) is 1. The number of carbonyl (C=O) groups is 2. The molecule has 5 nitrogen and oxygen atoms in total. The van der Waals surface area contributed by atoms with Gasteiger partial charge in [0.1, 0.15) is 5.54 Å². The van der Waals surface area contributed by atoms with E-state index in [1.165, 1.54) is 0 Å². The Morgan fingerprint density at radius 2 is 2.17 bits per heavy atom. The summed E-state index contributed by atoms with van der Waals surface area (Å²) in [6.45, 7) is 8.01. The minimum Gasteiger partial charge on any atom is -0.392 e. The molecule has 2 amide bonds. The molecule has 0 aromatic rings. The van der Waals surface area contributed by atoms with Crippen molar-refractivity contribution in [3.63, 3.8) is 0 Å². The zero-order valence-electron chi connectivity index (χ0n) is 11.4. The molecule has 1 aliphatic rings. The van der Waals surface area contributed by atoms with E-state index in [1.54, 1.807) is 25.7 Å². The highest BCUT2D eigenvalue weighted by Crippen LogP contribution is 2.29. The Hall–Kier alpha value is -1.17. The molecule has 0 saturated carbocycles. The van der Waals surface area contributed by atoms with Crippen LogP contribution < -0.4 is 11.1 Å². The molecule has 1 atom stereocenters. The average Bonchev–Trinajstić information content (AvgIpc) is 2.30. The number of nitrogens with two attached hydrogens (primary N) is 1. The lowest BCUT2D eigenvalue weighted by Gasteiger charge is -2.44. The molecule has 1 fully saturated rings. The van der Waals surface area contributed by atoms with E-state index in [2.05, 4.69) is 5.32 Å². The van der Waals surface area contributed by atoms with Crippen LogP contribution >= 0.6 is 12.2 Å². The van der Waals surface area contributed by atoms with E-state index in [0.717, 1.165) is 0 Å². The topological polar surface area (TPSA) is 75.4 Å². The second-order valence-corrected chi connectivity index (χ2v) is 5.76. The third-order valence-electron chi connectivity index (χ3n) is 3.82. The average molecular weight is 271 g/mol. The summed E-state index contributed by atoms with van der Waals surface area (Å²) in [5.41, 5.74) is 3.95. The van der Waals surface area contributed by atoms with Crippen molar-refractivity contribution in [2.45, 2.75) is 39.7 Å². The predicted molar refractivity (Wildman–Crippen MR) is 74.0 cm³/mol. The summed E-state index contributed by atoms with van der Waals surface area (Å²) < 4.78 is 0. The van der Waals surface area contributed by atoms with Gasteiger partial charge in [-0.1, -0.05) is 19.1 Å². The molecule has 6 heteroatoms. The van der Waals surface area contributed by atoms with Crippen LogP contribution in [0, 0.1) is 5.41 Å². The van der Waals surface area contributed by atoms with Crippen LogP contribution in [0.3, 0.4) is 0 Å². The van der Waals surface area contributed by atoms with Gasteiger partial charge in [-0.3, -0.25) is 9.59 Å². The number of nitrogens with zero attached hydrogens (tertiary/aromatic N) is 1. The molecule has 1 heterocycles. The first-order valence-corrected chi connectivity index (χ1v) is 6.49. The minimum atomic E-state index is -0.885. The van der Waals surface area contributed by atoms with Crippen LogP contribution in [-0.2, 0) is 9.59 Å². The maximum Gasteiger partial charge on any atom is 0.245 e. The number of amides is 2. The smallest absolute Gasteiger partial charge is 0.245 e. The van der Waals surface area contributed by atoms with Gasteiger partial charge in [0.25, 0.3) is 0 Å². The van der Waals surface area contributed by atoms with Crippen molar-refractivity contribution in [3.05, 3.63) is 0 Å². The van der Waals surface area contributed by atoms with Crippen molar-refractivity contribution in [1.82, 2.24) is 10.2 Å². The number of piperazine rings is 1. The normalized spacial score (nSPS) is 22.0. The van der Waals surface area contributed by atoms with Crippen LogP contribution in [0.1, 0.15) is 34.1 Å². The van der Waals surface area contributed by atoms with E-state index in [-0.39, 0.29) is 16.8 Å². The second-order valence-electron chi connectivity index (χ2n) is 5.32. The molecule has 0 radical (unpaired) electrons. The van der Waals surface area contributed by atoms with Gasteiger partial charge in [0.2, 0.25) is 11.8 Å². The fourth-order valence-electron chi connectivity index (χ4n) is 1.98. The number of carbonyl (C=O) groups excluding carboxylic acids is 2.